The largest absolute Gasteiger partial charge is 0.396 e. The number of anilines is 1. The molecule has 3 saturated heterocycles. The predicted molar refractivity (Wildman–Crippen MR) is 128 cm³/mol. The minimum absolute atomic E-state index is 0.00889. The monoisotopic (exact) mass is 471 g/mol. The molecule has 4 rings (SSSR count). The van der Waals surface area contributed by atoms with Crippen LogP contribution in [0.5, 0.6) is 0 Å². The first-order chi connectivity index (χ1) is 15.9. The first-order valence-electron chi connectivity index (χ1n) is 12.2. The fraction of sp³-hybridized carbons (Fsp3) is 0.654. The van der Waals surface area contributed by atoms with Gasteiger partial charge in [-0.05, 0) is 65.0 Å². The average Bonchev–Trinajstić information content (AvgIpc) is 3.25. The van der Waals surface area contributed by atoms with Gasteiger partial charge in [-0.2, -0.15) is 0 Å². The number of aliphatic hydroxyl groups excluding tert-OH is 1. The number of nitrogens with one attached hydrogen (secondary N) is 2. The van der Waals surface area contributed by atoms with Gasteiger partial charge in [0.15, 0.2) is 0 Å². The van der Waals surface area contributed by atoms with Gasteiger partial charge in [-0.3, -0.25) is 14.4 Å². The molecule has 8 nitrogen and oxygen atoms in total. The molecule has 34 heavy (non-hydrogen) atoms. The van der Waals surface area contributed by atoms with Gasteiger partial charge in [0.05, 0.1) is 17.4 Å². The van der Waals surface area contributed by atoms with Gasteiger partial charge in [0, 0.05) is 24.4 Å². The molecule has 3 unspecified atom stereocenters. The highest BCUT2D eigenvalue weighted by atomic mass is 16.5. The molecule has 3 heterocycles. The second-order valence-electron chi connectivity index (χ2n) is 11.3. The SMILES string of the molecule is CC1CC23O[C@@]1(C)[C@H](C(=O)Nc1ccccc1)[C@H]2C(=O)N(CCCCO)C3C(=O)NC(C)(C)C. The van der Waals surface area contributed by atoms with Crippen molar-refractivity contribution in [2.75, 3.05) is 18.5 Å². The molecular formula is C26H37N3O5. The van der Waals surface area contributed by atoms with Crippen molar-refractivity contribution in [3.63, 3.8) is 0 Å². The number of hydrogen-bond donors (Lipinski definition) is 3. The van der Waals surface area contributed by atoms with E-state index in [9.17, 15) is 19.5 Å². The third-order valence-corrected chi connectivity index (χ3v) is 7.69. The van der Waals surface area contributed by atoms with Crippen molar-refractivity contribution in [3.05, 3.63) is 30.3 Å². The van der Waals surface area contributed by atoms with E-state index < -0.39 is 34.6 Å². The van der Waals surface area contributed by atoms with Crippen LogP contribution in [-0.2, 0) is 19.1 Å². The van der Waals surface area contributed by atoms with Gasteiger partial charge < -0.3 is 25.4 Å². The number of carbonyl (C=O) groups is 3. The van der Waals surface area contributed by atoms with E-state index in [0.29, 0.717) is 31.5 Å². The molecule has 186 valence electrons. The lowest BCUT2D eigenvalue weighted by atomic mass is 9.62. The average molecular weight is 472 g/mol. The Hall–Kier alpha value is -2.45. The molecule has 0 aliphatic carbocycles. The Morgan fingerprint density at radius 2 is 1.85 bits per heavy atom. The molecule has 0 radical (unpaired) electrons. The van der Waals surface area contributed by atoms with Crippen molar-refractivity contribution >= 4 is 23.4 Å². The quantitative estimate of drug-likeness (QED) is 0.529. The van der Waals surface area contributed by atoms with Crippen molar-refractivity contribution < 1.29 is 24.2 Å². The summed E-state index contributed by atoms with van der Waals surface area (Å²) in [6.07, 6.45) is 1.63. The molecule has 3 N–H and O–H groups in total. The zero-order chi connectivity index (χ0) is 24.9. The number of hydrogen-bond acceptors (Lipinski definition) is 5. The number of benzene rings is 1. The maximum absolute atomic E-state index is 13.9. The number of nitrogens with zero attached hydrogens (tertiary/aromatic N) is 1. The van der Waals surface area contributed by atoms with Crippen LogP contribution < -0.4 is 10.6 Å². The Kier molecular flexibility index (Phi) is 6.27. The maximum Gasteiger partial charge on any atom is 0.246 e. The smallest absolute Gasteiger partial charge is 0.246 e. The van der Waals surface area contributed by atoms with Gasteiger partial charge >= 0.3 is 0 Å². The van der Waals surface area contributed by atoms with Crippen LogP contribution in [0.15, 0.2) is 30.3 Å². The van der Waals surface area contributed by atoms with Crippen LogP contribution in [0, 0.1) is 17.8 Å². The topological polar surface area (TPSA) is 108 Å². The normalized spacial score (nSPS) is 34.3. The molecule has 1 aromatic carbocycles. The number of para-hydroxylation sites is 1. The Bertz CT molecular complexity index is 961. The summed E-state index contributed by atoms with van der Waals surface area (Å²) in [6.45, 7) is 10.00. The zero-order valence-corrected chi connectivity index (χ0v) is 20.8. The first-order valence-corrected chi connectivity index (χ1v) is 12.2. The minimum Gasteiger partial charge on any atom is -0.396 e. The van der Waals surface area contributed by atoms with E-state index >= 15 is 0 Å². The number of unbranched alkanes of at least 4 members (excludes halogenated alkanes) is 1. The molecule has 3 aliphatic heterocycles. The molecule has 3 fully saturated rings. The number of fused-ring (bicyclic) bond motifs is 1. The molecule has 1 spiro atoms. The zero-order valence-electron chi connectivity index (χ0n) is 20.8. The van der Waals surface area contributed by atoms with Crippen molar-refractivity contribution in [1.82, 2.24) is 10.2 Å². The van der Waals surface area contributed by atoms with Gasteiger partial charge in [0.2, 0.25) is 17.7 Å². The van der Waals surface area contributed by atoms with E-state index in [2.05, 4.69) is 10.6 Å². The van der Waals surface area contributed by atoms with E-state index in [1.165, 1.54) is 0 Å². The Labute approximate surface area is 201 Å². The van der Waals surface area contributed by atoms with E-state index in [-0.39, 0.29) is 30.2 Å². The standard InChI is InChI=1S/C26H37N3O5/c1-16-15-26-19(18(25(16,5)34-26)21(31)27-17-11-7-6-8-12-17)23(33)29(13-9-10-14-30)20(26)22(32)28-24(2,3)4/h6-8,11-12,16,18-20,30H,9-10,13-15H2,1-5H3,(H,27,31)(H,28,32)/t16?,18-,19-,20?,25+,26?/m0/s1. The van der Waals surface area contributed by atoms with Gasteiger partial charge in [0.1, 0.15) is 11.6 Å². The molecule has 6 atom stereocenters. The summed E-state index contributed by atoms with van der Waals surface area (Å²) in [5.74, 6) is -2.18. The summed E-state index contributed by atoms with van der Waals surface area (Å²) >= 11 is 0. The summed E-state index contributed by atoms with van der Waals surface area (Å²) in [5.41, 5.74) is -1.73. The highest BCUT2D eigenvalue weighted by Gasteiger charge is 2.79. The van der Waals surface area contributed by atoms with Crippen LogP contribution >= 0.6 is 0 Å². The Morgan fingerprint density at radius 1 is 1.18 bits per heavy atom. The molecule has 3 amide bonds. The van der Waals surface area contributed by atoms with Crippen LogP contribution in [0.25, 0.3) is 0 Å². The van der Waals surface area contributed by atoms with E-state index in [1.54, 1.807) is 4.90 Å². The lowest BCUT2D eigenvalue weighted by Crippen LogP contribution is -2.58. The predicted octanol–water partition coefficient (Wildman–Crippen LogP) is 2.32. The third kappa shape index (κ3) is 3.90. The maximum atomic E-state index is 13.9. The van der Waals surface area contributed by atoms with Gasteiger partial charge in [-0.1, -0.05) is 25.1 Å². The molecule has 8 heteroatoms. The van der Waals surface area contributed by atoms with Crippen LogP contribution in [0.1, 0.15) is 53.9 Å². The lowest BCUT2D eigenvalue weighted by molar-refractivity contribution is -0.147. The van der Waals surface area contributed by atoms with Crippen molar-refractivity contribution in [1.29, 1.82) is 0 Å². The van der Waals surface area contributed by atoms with E-state index in [0.717, 1.165) is 0 Å². The van der Waals surface area contributed by atoms with Gasteiger partial charge in [-0.15, -0.1) is 0 Å². The van der Waals surface area contributed by atoms with Crippen LogP contribution in [0.3, 0.4) is 0 Å². The number of likely N-dealkylation sites (tertiary alicyclic amines) is 1. The van der Waals surface area contributed by atoms with Crippen LogP contribution in [-0.4, -0.2) is 63.7 Å². The fourth-order valence-corrected chi connectivity index (χ4v) is 6.25. The Morgan fingerprint density at radius 3 is 2.47 bits per heavy atom. The second kappa shape index (κ2) is 8.64. The van der Waals surface area contributed by atoms with Crippen molar-refractivity contribution in [2.24, 2.45) is 17.8 Å². The molecule has 0 saturated carbocycles. The van der Waals surface area contributed by atoms with E-state index in [4.69, 9.17) is 4.74 Å². The highest BCUT2D eigenvalue weighted by molar-refractivity contribution is 6.02. The number of aliphatic hydroxyl groups is 1. The van der Waals surface area contributed by atoms with Gasteiger partial charge in [-0.25, -0.2) is 0 Å². The third-order valence-electron chi connectivity index (χ3n) is 7.69. The molecule has 0 aromatic heterocycles. The lowest BCUT2D eigenvalue weighted by Gasteiger charge is -2.36. The van der Waals surface area contributed by atoms with Crippen LogP contribution in [0.4, 0.5) is 5.69 Å². The number of ether oxygens (including phenoxy) is 1. The molecule has 3 aliphatic rings. The van der Waals surface area contributed by atoms with Gasteiger partial charge in [0.25, 0.3) is 0 Å². The minimum atomic E-state index is -1.06. The molecule has 1 aromatic rings. The van der Waals surface area contributed by atoms with Crippen LogP contribution in [0.2, 0.25) is 0 Å². The van der Waals surface area contributed by atoms with Crippen molar-refractivity contribution in [3.8, 4) is 0 Å². The summed E-state index contributed by atoms with van der Waals surface area (Å²) in [6, 6.07) is 8.36. The van der Waals surface area contributed by atoms with E-state index in [1.807, 2.05) is 65.0 Å². The summed E-state index contributed by atoms with van der Waals surface area (Å²) in [7, 11) is 0. The summed E-state index contributed by atoms with van der Waals surface area (Å²) < 4.78 is 6.68. The second-order valence-corrected chi connectivity index (χ2v) is 11.3. The number of amides is 3. The van der Waals surface area contributed by atoms with Crippen molar-refractivity contribution in [2.45, 2.75) is 76.7 Å². The molecule has 2 bridgehead atoms. The summed E-state index contributed by atoms with van der Waals surface area (Å²) in [5, 5.41) is 15.3. The molecular weight excluding hydrogens is 434 g/mol. The summed E-state index contributed by atoms with van der Waals surface area (Å²) in [4.78, 5) is 42.7. The first kappa shape index (κ1) is 24.7. The highest BCUT2D eigenvalue weighted by Crippen LogP contribution is 2.65. The number of carbonyl (C=O) groups excluding carboxylic acids is 3. The fourth-order valence-electron chi connectivity index (χ4n) is 6.25. The number of rotatable bonds is 7. The Balaban J connectivity index is 1.73.